The summed E-state index contributed by atoms with van der Waals surface area (Å²) in [7, 11) is 0. The first-order chi connectivity index (χ1) is 8.06. The van der Waals surface area contributed by atoms with Crippen molar-refractivity contribution in [3.05, 3.63) is 17.3 Å². The Bertz CT molecular complexity index is 433. The van der Waals surface area contributed by atoms with E-state index in [0.717, 1.165) is 12.8 Å². The van der Waals surface area contributed by atoms with Gasteiger partial charge in [0.15, 0.2) is 0 Å². The summed E-state index contributed by atoms with van der Waals surface area (Å²) < 4.78 is 0. The fourth-order valence-electron chi connectivity index (χ4n) is 1.40. The van der Waals surface area contributed by atoms with E-state index in [1.165, 1.54) is 6.20 Å². The van der Waals surface area contributed by atoms with Crippen molar-refractivity contribution in [2.45, 2.75) is 31.8 Å². The number of nitrogens with two attached hydrogens (primary N) is 1. The Labute approximate surface area is 105 Å². The van der Waals surface area contributed by atoms with Gasteiger partial charge in [0, 0.05) is 12.2 Å². The van der Waals surface area contributed by atoms with E-state index in [0.29, 0.717) is 22.6 Å². The van der Waals surface area contributed by atoms with Gasteiger partial charge >= 0.3 is 0 Å². The van der Waals surface area contributed by atoms with Crippen LogP contribution < -0.4 is 16.4 Å². The highest BCUT2D eigenvalue weighted by molar-refractivity contribution is 6.30. The third-order valence-electron chi connectivity index (χ3n) is 2.55. The van der Waals surface area contributed by atoms with E-state index in [9.17, 15) is 4.79 Å². The minimum atomic E-state index is -0.369. The van der Waals surface area contributed by atoms with Crippen LogP contribution in [0.1, 0.15) is 19.8 Å². The summed E-state index contributed by atoms with van der Waals surface area (Å²) >= 11 is 5.74. The number of hydrogen-bond donors (Lipinski definition) is 3. The first-order valence-corrected chi connectivity index (χ1v) is 5.92. The maximum Gasteiger partial charge on any atom is 0.242 e. The zero-order valence-corrected chi connectivity index (χ0v) is 10.3. The number of rotatable bonds is 4. The molecule has 1 aromatic rings. The van der Waals surface area contributed by atoms with Crippen LogP contribution in [0.2, 0.25) is 5.02 Å². The summed E-state index contributed by atoms with van der Waals surface area (Å²) in [5.41, 5.74) is 6.18. The highest BCUT2D eigenvalue weighted by Crippen LogP contribution is 2.21. The van der Waals surface area contributed by atoms with E-state index in [-0.39, 0.29) is 11.9 Å². The minimum Gasteiger partial charge on any atom is -0.396 e. The molecular formula is C11H15ClN4O. The van der Waals surface area contributed by atoms with Gasteiger partial charge in [-0.3, -0.25) is 4.79 Å². The molecule has 1 amide bonds. The van der Waals surface area contributed by atoms with Crippen molar-refractivity contribution in [1.29, 1.82) is 0 Å². The van der Waals surface area contributed by atoms with Crippen LogP contribution >= 0.6 is 11.6 Å². The molecule has 17 heavy (non-hydrogen) atoms. The molecule has 1 fully saturated rings. The Balaban J connectivity index is 1.96. The second kappa shape index (κ2) is 4.79. The minimum absolute atomic E-state index is 0.0383. The molecule has 1 aromatic heterocycles. The molecule has 6 heteroatoms. The summed E-state index contributed by atoms with van der Waals surface area (Å²) in [6.07, 6.45) is 3.63. The molecule has 1 atom stereocenters. The lowest BCUT2D eigenvalue weighted by molar-refractivity contribution is -0.121. The van der Waals surface area contributed by atoms with Crippen LogP contribution in [-0.2, 0) is 4.79 Å². The summed E-state index contributed by atoms with van der Waals surface area (Å²) in [6, 6.07) is 1.58. The van der Waals surface area contributed by atoms with Gasteiger partial charge in [-0.1, -0.05) is 11.6 Å². The molecule has 0 aromatic carbocycles. The molecule has 2 rings (SSSR count). The van der Waals surface area contributed by atoms with Crippen LogP contribution in [0.4, 0.5) is 11.5 Å². The number of hydrogen-bond acceptors (Lipinski definition) is 4. The summed E-state index contributed by atoms with van der Waals surface area (Å²) in [6.45, 7) is 1.77. The summed E-state index contributed by atoms with van der Waals surface area (Å²) in [5.74, 6) is 0.441. The monoisotopic (exact) mass is 254 g/mol. The third kappa shape index (κ3) is 3.23. The second-order valence-corrected chi connectivity index (χ2v) is 4.68. The lowest BCUT2D eigenvalue weighted by atomic mass is 10.3. The summed E-state index contributed by atoms with van der Waals surface area (Å²) in [4.78, 5) is 15.8. The van der Waals surface area contributed by atoms with Gasteiger partial charge in [0.2, 0.25) is 5.91 Å². The van der Waals surface area contributed by atoms with Crippen molar-refractivity contribution in [3.8, 4) is 0 Å². The van der Waals surface area contributed by atoms with Crippen LogP contribution in [0.15, 0.2) is 12.3 Å². The number of anilines is 2. The van der Waals surface area contributed by atoms with Gasteiger partial charge in [-0.25, -0.2) is 4.98 Å². The topological polar surface area (TPSA) is 80.0 Å². The van der Waals surface area contributed by atoms with Gasteiger partial charge < -0.3 is 16.4 Å². The van der Waals surface area contributed by atoms with E-state index in [1.54, 1.807) is 13.0 Å². The van der Waals surface area contributed by atoms with Crippen LogP contribution in [0.5, 0.6) is 0 Å². The van der Waals surface area contributed by atoms with Crippen molar-refractivity contribution < 1.29 is 4.79 Å². The average molecular weight is 255 g/mol. The molecular weight excluding hydrogens is 240 g/mol. The number of nitrogens with zero attached hydrogens (tertiary/aromatic N) is 1. The Morgan fingerprint density at radius 2 is 2.35 bits per heavy atom. The van der Waals surface area contributed by atoms with Gasteiger partial charge in [0.25, 0.3) is 0 Å². The Morgan fingerprint density at radius 1 is 1.65 bits per heavy atom. The molecule has 1 saturated carbocycles. The van der Waals surface area contributed by atoms with Crippen molar-refractivity contribution >= 4 is 29.0 Å². The second-order valence-electron chi connectivity index (χ2n) is 4.24. The standard InChI is InChI=1S/C11H15ClN4O/c1-6(11(17)16-8-2-3-8)15-10-9(13)4-7(12)5-14-10/h4-6,8H,2-3,13H2,1H3,(H,14,15)(H,16,17). The number of nitrogens with one attached hydrogen (secondary N) is 2. The lowest BCUT2D eigenvalue weighted by Crippen LogP contribution is -2.39. The van der Waals surface area contributed by atoms with E-state index in [1.807, 2.05) is 0 Å². The molecule has 0 spiro atoms. The molecule has 92 valence electrons. The zero-order valence-electron chi connectivity index (χ0n) is 9.53. The highest BCUT2D eigenvalue weighted by Gasteiger charge is 2.25. The first kappa shape index (κ1) is 12.0. The van der Waals surface area contributed by atoms with Crippen molar-refractivity contribution in [1.82, 2.24) is 10.3 Å². The molecule has 0 bridgehead atoms. The molecule has 1 unspecified atom stereocenters. The third-order valence-corrected chi connectivity index (χ3v) is 2.76. The van der Waals surface area contributed by atoms with Crippen molar-refractivity contribution in [3.63, 3.8) is 0 Å². The number of halogens is 1. The molecule has 0 radical (unpaired) electrons. The largest absolute Gasteiger partial charge is 0.396 e. The molecule has 1 heterocycles. The normalized spacial score (nSPS) is 16.4. The van der Waals surface area contributed by atoms with Crippen molar-refractivity contribution in [2.75, 3.05) is 11.1 Å². The Kier molecular flexibility index (Phi) is 3.38. The Morgan fingerprint density at radius 3 is 2.94 bits per heavy atom. The number of pyridine rings is 1. The maximum atomic E-state index is 11.7. The summed E-state index contributed by atoms with van der Waals surface area (Å²) in [5, 5.41) is 6.35. The number of amides is 1. The van der Waals surface area contributed by atoms with Crippen LogP contribution in [-0.4, -0.2) is 23.0 Å². The Hall–Kier alpha value is -1.49. The fraction of sp³-hybridized carbons (Fsp3) is 0.455. The molecule has 0 aliphatic heterocycles. The van der Waals surface area contributed by atoms with Gasteiger partial charge in [-0.05, 0) is 25.8 Å². The molecule has 1 aliphatic carbocycles. The number of nitrogen functional groups attached to an aromatic ring is 1. The lowest BCUT2D eigenvalue weighted by Gasteiger charge is -2.15. The first-order valence-electron chi connectivity index (χ1n) is 5.54. The maximum absolute atomic E-state index is 11.7. The van der Waals surface area contributed by atoms with Gasteiger partial charge in [0.05, 0.1) is 10.7 Å². The predicted molar refractivity (Wildman–Crippen MR) is 67.9 cm³/mol. The van der Waals surface area contributed by atoms with E-state index in [4.69, 9.17) is 17.3 Å². The highest BCUT2D eigenvalue weighted by atomic mass is 35.5. The van der Waals surface area contributed by atoms with Gasteiger partial charge in [-0.15, -0.1) is 0 Å². The van der Waals surface area contributed by atoms with Crippen LogP contribution in [0.25, 0.3) is 0 Å². The number of carbonyl (C=O) groups is 1. The quantitative estimate of drug-likeness (QED) is 0.759. The van der Waals surface area contributed by atoms with Crippen LogP contribution in [0.3, 0.4) is 0 Å². The number of carbonyl (C=O) groups excluding carboxylic acids is 1. The molecule has 4 N–H and O–H groups in total. The SMILES string of the molecule is CC(Nc1ncc(Cl)cc1N)C(=O)NC1CC1. The fourth-order valence-corrected chi connectivity index (χ4v) is 1.57. The van der Waals surface area contributed by atoms with E-state index >= 15 is 0 Å². The van der Waals surface area contributed by atoms with Gasteiger partial charge in [-0.2, -0.15) is 0 Å². The molecule has 5 nitrogen and oxygen atoms in total. The van der Waals surface area contributed by atoms with Gasteiger partial charge in [0.1, 0.15) is 11.9 Å². The smallest absolute Gasteiger partial charge is 0.242 e. The van der Waals surface area contributed by atoms with Crippen molar-refractivity contribution in [2.24, 2.45) is 0 Å². The molecule has 1 aliphatic rings. The predicted octanol–water partition coefficient (Wildman–Crippen LogP) is 1.40. The van der Waals surface area contributed by atoms with E-state index in [2.05, 4.69) is 15.6 Å². The number of aromatic nitrogens is 1. The zero-order chi connectivity index (χ0) is 12.4. The van der Waals surface area contributed by atoms with Crippen LogP contribution in [0, 0.1) is 0 Å². The average Bonchev–Trinajstić information content (AvgIpc) is 3.06. The van der Waals surface area contributed by atoms with E-state index < -0.39 is 0 Å². The molecule has 0 saturated heterocycles.